The number of benzene rings is 2. The Balaban J connectivity index is 2.20. The van der Waals surface area contributed by atoms with Crippen molar-refractivity contribution in [2.45, 2.75) is 19.9 Å². The Morgan fingerprint density at radius 2 is 1.68 bits per heavy atom. The fraction of sp³-hybridized carbons (Fsp3) is 0.200. The van der Waals surface area contributed by atoms with Crippen LogP contribution in [0.5, 0.6) is 0 Å². The Morgan fingerprint density at radius 1 is 0.947 bits per heavy atom. The maximum absolute atomic E-state index is 6.20. The summed E-state index contributed by atoms with van der Waals surface area (Å²) in [7, 11) is 0. The Kier molecular flexibility index (Phi) is 4.62. The van der Waals surface area contributed by atoms with E-state index < -0.39 is 0 Å². The molecule has 1 nitrogen and oxygen atoms in total. The maximum Gasteiger partial charge on any atom is 0.0500 e. The first-order valence-electron chi connectivity index (χ1n) is 5.95. The van der Waals surface area contributed by atoms with Crippen molar-refractivity contribution in [2.75, 3.05) is 5.32 Å². The third kappa shape index (κ3) is 3.56. The van der Waals surface area contributed by atoms with Crippen molar-refractivity contribution in [3.05, 3.63) is 62.6 Å². The summed E-state index contributed by atoms with van der Waals surface area (Å²) >= 11 is 18.2. The Labute approximate surface area is 128 Å². The molecule has 2 rings (SSSR count). The van der Waals surface area contributed by atoms with E-state index in [2.05, 4.69) is 5.32 Å². The third-order valence-corrected chi connectivity index (χ3v) is 3.95. The standard InChI is InChI=1S/C15H14Cl3N/c1-9-3-5-12(8-14(9)17)19-10(2)13-6-4-11(16)7-15(13)18/h3-8,10,19H,1-2H3. The lowest BCUT2D eigenvalue weighted by Gasteiger charge is -2.17. The summed E-state index contributed by atoms with van der Waals surface area (Å²) in [5.74, 6) is 0. The summed E-state index contributed by atoms with van der Waals surface area (Å²) in [5, 5.41) is 5.42. The number of hydrogen-bond donors (Lipinski definition) is 1. The van der Waals surface area contributed by atoms with Crippen LogP contribution >= 0.6 is 34.8 Å². The van der Waals surface area contributed by atoms with Crippen LogP contribution in [0.2, 0.25) is 15.1 Å². The summed E-state index contributed by atoms with van der Waals surface area (Å²) in [5.41, 5.74) is 3.03. The second-order valence-corrected chi connectivity index (χ2v) is 5.75. The fourth-order valence-electron chi connectivity index (χ4n) is 1.86. The van der Waals surface area contributed by atoms with Gasteiger partial charge in [0.25, 0.3) is 0 Å². The van der Waals surface area contributed by atoms with Gasteiger partial charge in [0, 0.05) is 26.8 Å². The predicted octanol–water partition coefficient (Wildman–Crippen LogP) is 6.13. The molecular formula is C15H14Cl3N. The molecule has 2 aromatic rings. The molecule has 0 fully saturated rings. The maximum atomic E-state index is 6.20. The van der Waals surface area contributed by atoms with Crippen LogP contribution in [0.4, 0.5) is 5.69 Å². The Morgan fingerprint density at radius 3 is 2.32 bits per heavy atom. The van der Waals surface area contributed by atoms with Crippen LogP contribution in [0.1, 0.15) is 24.1 Å². The van der Waals surface area contributed by atoms with Crippen molar-refractivity contribution >= 4 is 40.5 Å². The van der Waals surface area contributed by atoms with Gasteiger partial charge >= 0.3 is 0 Å². The molecule has 0 radical (unpaired) electrons. The second kappa shape index (κ2) is 6.04. The molecule has 0 spiro atoms. The summed E-state index contributed by atoms with van der Waals surface area (Å²) in [4.78, 5) is 0. The van der Waals surface area contributed by atoms with Gasteiger partial charge in [-0.3, -0.25) is 0 Å². The molecule has 0 heterocycles. The molecule has 2 aromatic carbocycles. The molecule has 0 bridgehead atoms. The van der Waals surface area contributed by atoms with E-state index in [1.165, 1.54) is 0 Å². The zero-order valence-corrected chi connectivity index (χ0v) is 12.9. The van der Waals surface area contributed by atoms with Crippen LogP contribution < -0.4 is 5.32 Å². The van der Waals surface area contributed by atoms with E-state index in [-0.39, 0.29) is 6.04 Å². The Bertz CT molecular complexity index is 596. The number of halogens is 3. The van der Waals surface area contributed by atoms with Gasteiger partial charge in [0.05, 0.1) is 0 Å². The summed E-state index contributed by atoms with van der Waals surface area (Å²) in [6.45, 7) is 4.02. The zero-order chi connectivity index (χ0) is 14.0. The molecule has 4 heteroatoms. The van der Waals surface area contributed by atoms with Gasteiger partial charge in [-0.1, -0.05) is 46.9 Å². The molecule has 0 saturated heterocycles. The molecule has 1 unspecified atom stereocenters. The van der Waals surface area contributed by atoms with Crippen molar-refractivity contribution in [1.29, 1.82) is 0 Å². The minimum Gasteiger partial charge on any atom is -0.378 e. The molecule has 19 heavy (non-hydrogen) atoms. The van der Waals surface area contributed by atoms with Gasteiger partial charge in [-0.2, -0.15) is 0 Å². The lowest BCUT2D eigenvalue weighted by atomic mass is 10.1. The summed E-state index contributed by atoms with van der Waals surface area (Å²) in [6, 6.07) is 11.5. The average Bonchev–Trinajstić information content (AvgIpc) is 2.33. The highest BCUT2D eigenvalue weighted by Crippen LogP contribution is 2.29. The lowest BCUT2D eigenvalue weighted by molar-refractivity contribution is 0.885. The van der Waals surface area contributed by atoms with Crippen molar-refractivity contribution in [3.63, 3.8) is 0 Å². The first kappa shape index (κ1) is 14.5. The van der Waals surface area contributed by atoms with Crippen molar-refractivity contribution < 1.29 is 0 Å². The van der Waals surface area contributed by atoms with Gasteiger partial charge in [0.1, 0.15) is 0 Å². The quantitative estimate of drug-likeness (QED) is 0.718. The Hall–Kier alpha value is -0.890. The molecular weight excluding hydrogens is 301 g/mol. The SMILES string of the molecule is Cc1ccc(NC(C)c2ccc(Cl)cc2Cl)cc1Cl. The first-order chi connectivity index (χ1) is 8.97. The third-order valence-electron chi connectivity index (χ3n) is 2.98. The van der Waals surface area contributed by atoms with Crippen molar-refractivity contribution in [3.8, 4) is 0 Å². The minimum absolute atomic E-state index is 0.0727. The highest BCUT2D eigenvalue weighted by molar-refractivity contribution is 6.35. The number of rotatable bonds is 3. The molecule has 0 aliphatic rings. The molecule has 0 aliphatic carbocycles. The van der Waals surface area contributed by atoms with Crippen LogP contribution in [-0.2, 0) is 0 Å². The number of hydrogen-bond acceptors (Lipinski definition) is 1. The van der Waals surface area contributed by atoms with Gasteiger partial charge in [0.2, 0.25) is 0 Å². The topological polar surface area (TPSA) is 12.0 Å². The number of anilines is 1. The highest BCUT2D eigenvalue weighted by Gasteiger charge is 2.10. The van der Waals surface area contributed by atoms with Crippen molar-refractivity contribution in [2.24, 2.45) is 0 Å². The van der Waals surface area contributed by atoms with E-state index in [0.29, 0.717) is 10.0 Å². The van der Waals surface area contributed by atoms with Crippen LogP contribution in [0.25, 0.3) is 0 Å². The van der Waals surface area contributed by atoms with E-state index in [0.717, 1.165) is 21.8 Å². The summed E-state index contributed by atoms with van der Waals surface area (Å²) in [6.07, 6.45) is 0. The number of nitrogens with one attached hydrogen (secondary N) is 1. The predicted molar refractivity (Wildman–Crippen MR) is 84.7 cm³/mol. The van der Waals surface area contributed by atoms with E-state index in [1.807, 2.05) is 44.2 Å². The van der Waals surface area contributed by atoms with Gasteiger partial charge in [-0.05, 0) is 49.2 Å². The minimum atomic E-state index is 0.0727. The van der Waals surface area contributed by atoms with Crippen molar-refractivity contribution in [1.82, 2.24) is 0 Å². The molecule has 1 atom stereocenters. The molecule has 1 N–H and O–H groups in total. The monoisotopic (exact) mass is 313 g/mol. The summed E-state index contributed by atoms with van der Waals surface area (Å²) < 4.78 is 0. The van der Waals surface area contributed by atoms with Gasteiger partial charge in [0.15, 0.2) is 0 Å². The molecule has 100 valence electrons. The molecule has 0 aliphatic heterocycles. The smallest absolute Gasteiger partial charge is 0.0500 e. The van der Waals surface area contributed by atoms with Gasteiger partial charge in [-0.15, -0.1) is 0 Å². The highest BCUT2D eigenvalue weighted by atomic mass is 35.5. The first-order valence-corrected chi connectivity index (χ1v) is 7.08. The van der Waals surface area contributed by atoms with E-state index in [4.69, 9.17) is 34.8 Å². The van der Waals surface area contributed by atoms with E-state index in [1.54, 1.807) is 6.07 Å². The van der Waals surface area contributed by atoms with E-state index in [9.17, 15) is 0 Å². The average molecular weight is 315 g/mol. The molecule has 0 aromatic heterocycles. The molecule has 0 saturated carbocycles. The van der Waals surface area contributed by atoms with Crippen LogP contribution in [0.15, 0.2) is 36.4 Å². The fourth-order valence-corrected chi connectivity index (χ4v) is 2.62. The number of aryl methyl sites for hydroxylation is 1. The van der Waals surface area contributed by atoms with Gasteiger partial charge < -0.3 is 5.32 Å². The van der Waals surface area contributed by atoms with Crippen LogP contribution in [0.3, 0.4) is 0 Å². The van der Waals surface area contributed by atoms with Gasteiger partial charge in [-0.25, -0.2) is 0 Å². The second-order valence-electron chi connectivity index (χ2n) is 4.50. The van der Waals surface area contributed by atoms with Crippen LogP contribution in [0, 0.1) is 6.92 Å². The normalized spacial score (nSPS) is 12.3. The zero-order valence-electron chi connectivity index (χ0n) is 10.7. The largest absolute Gasteiger partial charge is 0.378 e. The molecule has 0 amide bonds. The van der Waals surface area contributed by atoms with E-state index >= 15 is 0 Å². The lowest BCUT2D eigenvalue weighted by Crippen LogP contribution is -2.07. The van der Waals surface area contributed by atoms with Crippen LogP contribution in [-0.4, -0.2) is 0 Å².